The molecule has 0 bridgehead atoms. The van der Waals surface area contributed by atoms with E-state index in [-0.39, 0.29) is 33.1 Å². The first-order chi connectivity index (χ1) is 18.5. The number of carbonyl (C=O) groups excluding carboxylic acids is 2. The minimum Gasteiger partial charge on any atom is -0.444 e. The summed E-state index contributed by atoms with van der Waals surface area (Å²) in [5.41, 5.74) is -0.432. The first-order valence-corrected chi connectivity index (χ1v) is 13.6. The Labute approximate surface area is 236 Å². The lowest BCUT2D eigenvalue weighted by Crippen LogP contribution is -2.36. The second-order valence-corrected chi connectivity index (χ2v) is 13.1. The predicted molar refractivity (Wildman–Crippen MR) is 150 cm³/mol. The van der Waals surface area contributed by atoms with E-state index in [2.05, 4.69) is 15.3 Å². The van der Waals surface area contributed by atoms with Crippen LogP contribution in [0, 0.1) is 17.0 Å². The molecular weight excluding hydrogens is 544 g/mol. The van der Waals surface area contributed by atoms with E-state index in [1.807, 2.05) is 25.7 Å². The van der Waals surface area contributed by atoms with Gasteiger partial charge < -0.3 is 24.7 Å². The molecular formula is C28H34ClF2N5O4. The van der Waals surface area contributed by atoms with Crippen LogP contribution in [0.5, 0.6) is 0 Å². The molecule has 216 valence electrons. The van der Waals surface area contributed by atoms with Gasteiger partial charge in [-0.05, 0) is 54.4 Å². The fraction of sp³-hybridized carbons (Fsp3) is 0.536. The number of carbonyl (C=O) groups is 2. The SMILES string of the molecule is CN(C(=O)OC(C)(C)C)c1cc(F)c(F)c2c1[nH]c1ncc(Cl)c(N3CC[C@]4(C[C@H]4NC(=O)OC(C)(C)C)C3)c12. The Kier molecular flexibility index (Phi) is 6.60. The lowest BCUT2D eigenvalue weighted by molar-refractivity contribution is 0.0515. The molecule has 3 aromatic rings. The van der Waals surface area contributed by atoms with Crippen LogP contribution in [-0.4, -0.2) is 59.5 Å². The van der Waals surface area contributed by atoms with Gasteiger partial charge in [-0.1, -0.05) is 11.6 Å². The Hall–Kier alpha value is -3.34. The first-order valence-electron chi connectivity index (χ1n) is 13.2. The van der Waals surface area contributed by atoms with Crippen molar-refractivity contribution in [3.63, 3.8) is 0 Å². The highest BCUT2D eigenvalue weighted by Gasteiger charge is 2.58. The van der Waals surface area contributed by atoms with Crippen molar-refractivity contribution in [2.24, 2.45) is 5.41 Å². The summed E-state index contributed by atoms with van der Waals surface area (Å²) in [5, 5.41) is 3.52. The van der Waals surface area contributed by atoms with Crippen molar-refractivity contribution < 1.29 is 27.8 Å². The van der Waals surface area contributed by atoms with E-state index in [9.17, 15) is 9.59 Å². The average molecular weight is 578 g/mol. The van der Waals surface area contributed by atoms with Gasteiger partial charge in [-0.3, -0.25) is 4.90 Å². The smallest absolute Gasteiger partial charge is 0.414 e. The van der Waals surface area contributed by atoms with Gasteiger partial charge in [0.15, 0.2) is 11.6 Å². The Morgan fingerprint density at radius 1 is 1.18 bits per heavy atom. The van der Waals surface area contributed by atoms with Gasteiger partial charge >= 0.3 is 12.2 Å². The first kappa shape index (κ1) is 28.2. The van der Waals surface area contributed by atoms with E-state index in [1.165, 1.54) is 13.2 Å². The van der Waals surface area contributed by atoms with Crippen molar-refractivity contribution in [2.45, 2.75) is 71.6 Å². The van der Waals surface area contributed by atoms with E-state index < -0.39 is 35.0 Å². The number of hydrogen-bond acceptors (Lipinski definition) is 6. The summed E-state index contributed by atoms with van der Waals surface area (Å²) >= 11 is 6.66. The number of H-pyrrole nitrogens is 1. The van der Waals surface area contributed by atoms with E-state index >= 15 is 8.78 Å². The molecule has 2 amide bonds. The molecule has 40 heavy (non-hydrogen) atoms. The van der Waals surface area contributed by atoms with E-state index in [4.69, 9.17) is 21.1 Å². The number of hydrogen-bond donors (Lipinski definition) is 2. The molecule has 2 aliphatic rings. The molecule has 2 atom stereocenters. The number of ether oxygens (including phenoxy) is 2. The van der Waals surface area contributed by atoms with Gasteiger partial charge in [-0.2, -0.15) is 0 Å². The molecule has 1 aliphatic heterocycles. The molecule has 2 aromatic heterocycles. The van der Waals surface area contributed by atoms with E-state index in [1.54, 1.807) is 20.8 Å². The summed E-state index contributed by atoms with van der Waals surface area (Å²) in [5.74, 6) is -2.19. The van der Waals surface area contributed by atoms with Gasteiger partial charge in [0.2, 0.25) is 0 Å². The number of pyridine rings is 1. The number of nitrogens with zero attached hydrogens (tertiary/aromatic N) is 3. The third kappa shape index (κ3) is 5.11. The molecule has 1 saturated heterocycles. The zero-order valence-corrected chi connectivity index (χ0v) is 24.4. The Morgan fingerprint density at radius 2 is 1.85 bits per heavy atom. The van der Waals surface area contributed by atoms with Crippen LogP contribution < -0.4 is 15.1 Å². The van der Waals surface area contributed by atoms with Crippen LogP contribution in [0.1, 0.15) is 54.4 Å². The van der Waals surface area contributed by atoms with Gasteiger partial charge in [0.1, 0.15) is 16.8 Å². The number of amides is 2. The van der Waals surface area contributed by atoms with E-state index in [0.717, 1.165) is 23.8 Å². The molecule has 3 heterocycles. The van der Waals surface area contributed by atoms with Gasteiger partial charge in [-0.15, -0.1) is 0 Å². The number of aromatic amines is 1. The topological polar surface area (TPSA) is 99.8 Å². The second kappa shape index (κ2) is 9.36. The molecule has 5 rings (SSSR count). The second-order valence-electron chi connectivity index (χ2n) is 12.7. The van der Waals surface area contributed by atoms with Crippen LogP contribution in [0.3, 0.4) is 0 Å². The van der Waals surface area contributed by atoms with E-state index in [0.29, 0.717) is 29.8 Å². The number of benzene rings is 1. The third-order valence-electron chi connectivity index (χ3n) is 7.31. The minimum absolute atomic E-state index is 0.0504. The largest absolute Gasteiger partial charge is 0.444 e. The molecule has 0 radical (unpaired) electrons. The number of halogens is 3. The normalized spacial score (nSPS) is 20.9. The van der Waals surface area contributed by atoms with Gasteiger partial charge in [0.25, 0.3) is 0 Å². The van der Waals surface area contributed by atoms with Crippen molar-refractivity contribution in [3.8, 4) is 0 Å². The fourth-order valence-corrected chi connectivity index (χ4v) is 5.71. The van der Waals surface area contributed by atoms with Gasteiger partial charge in [0.05, 0.1) is 38.9 Å². The maximum absolute atomic E-state index is 15.5. The number of fused-ring (bicyclic) bond motifs is 3. The van der Waals surface area contributed by atoms with Crippen molar-refractivity contribution >= 4 is 57.1 Å². The number of anilines is 2. The van der Waals surface area contributed by atoms with Crippen LogP contribution in [0.4, 0.5) is 29.7 Å². The summed E-state index contributed by atoms with van der Waals surface area (Å²) in [7, 11) is 1.43. The number of aromatic nitrogens is 2. The maximum atomic E-state index is 15.5. The van der Waals surface area contributed by atoms with Crippen molar-refractivity contribution in [1.82, 2.24) is 15.3 Å². The molecule has 1 aliphatic carbocycles. The highest BCUT2D eigenvalue weighted by Crippen LogP contribution is 2.55. The highest BCUT2D eigenvalue weighted by atomic mass is 35.5. The molecule has 1 saturated carbocycles. The van der Waals surface area contributed by atoms with Crippen molar-refractivity contribution in [1.29, 1.82) is 0 Å². The van der Waals surface area contributed by atoms with Gasteiger partial charge in [-0.25, -0.2) is 23.4 Å². The minimum atomic E-state index is -1.12. The third-order valence-corrected chi connectivity index (χ3v) is 7.59. The molecule has 12 heteroatoms. The quantitative estimate of drug-likeness (QED) is 0.368. The number of alkyl carbamates (subject to hydrolysis) is 1. The van der Waals surface area contributed by atoms with Crippen LogP contribution in [0.15, 0.2) is 12.3 Å². The molecule has 0 unspecified atom stereocenters. The summed E-state index contributed by atoms with van der Waals surface area (Å²) in [4.78, 5) is 35.7. The van der Waals surface area contributed by atoms with Crippen LogP contribution in [0.2, 0.25) is 5.02 Å². The zero-order valence-electron chi connectivity index (χ0n) is 23.7. The summed E-state index contributed by atoms with van der Waals surface area (Å²) in [6.45, 7) is 11.7. The van der Waals surface area contributed by atoms with Crippen molar-refractivity contribution in [2.75, 3.05) is 29.9 Å². The molecule has 1 spiro atoms. The highest BCUT2D eigenvalue weighted by molar-refractivity contribution is 6.36. The van der Waals surface area contributed by atoms with Gasteiger partial charge in [0, 0.05) is 37.7 Å². The fourth-order valence-electron chi connectivity index (χ4n) is 5.44. The Morgan fingerprint density at radius 3 is 2.50 bits per heavy atom. The number of nitrogens with one attached hydrogen (secondary N) is 2. The monoisotopic (exact) mass is 577 g/mol. The zero-order chi connectivity index (χ0) is 29.4. The summed E-state index contributed by atoms with van der Waals surface area (Å²) in [6, 6.07) is 0.898. The number of rotatable bonds is 3. The molecule has 1 aromatic carbocycles. The van der Waals surface area contributed by atoms with Crippen LogP contribution >= 0.6 is 11.6 Å². The maximum Gasteiger partial charge on any atom is 0.414 e. The average Bonchev–Trinajstić information content (AvgIpc) is 3.13. The standard InChI is InChI=1S/C28H34ClF2N5O4/c1-26(2,3)39-24(37)33-17-11-28(17)8-9-36(13-28)22-14(29)12-32-23-19(22)18-20(31)15(30)10-16(21(18)34-23)35(7)25(38)40-27(4,5)6/h10,12,17H,8-9,11,13H2,1-7H3,(H,32,34)(H,33,37)/t17-,28+/m1/s1. The Balaban J connectivity index is 1.52. The van der Waals surface area contributed by atoms with Crippen LogP contribution in [-0.2, 0) is 9.47 Å². The molecule has 2 fully saturated rings. The molecule has 9 nitrogen and oxygen atoms in total. The van der Waals surface area contributed by atoms with Crippen molar-refractivity contribution in [3.05, 3.63) is 28.9 Å². The molecule has 2 N–H and O–H groups in total. The Bertz CT molecular complexity index is 1530. The van der Waals surface area contributed by atoms with Crippen LogP contribution in [0.25, 0.3) is 21.9 Å². The summed E-state index contributed by atoms with van der Waals surface area (Å²) in [6.07, 6.45) is 1.83. The lowest BCUT2D eigenvalue weighted by atomic mass is 10.1. The predicted octanol–water partition coefficient (Wildman–Crippen LogP) is 6.51. The lowest BCUT2D eigenvalue weighted by Gasteiger charge is -2.25. The summed E-state index contributed by atoms with van der Waals surface area (Å²) < 4.78 is 41.4.